The lowest BCUT2D eigenvalue weighted by Crippen LogP contribution is -2.39. The van der Waals surface area contributed by atoms with E-state index in [0.717, 1.165) is 5.56 Å². The summed E-state index contributed by atoms with van der Waals surface area (Å²) in [5.74, 6) is -1.66. The van der Waals surface area contributed by atoms with Gasteiger partial charge in [0.1, 0.15) is 0 Å². The summed E-state index contributed by atoms with van der Waals surface area (Å²) in [5, 5.41) is 9.90. The topological polar surface area (TPSA) is 83.5 Å². The van der Waals surface area contributed by atoms with Crippen molar-refractivity contribution in [1.29, 1.82) is 0 Å². The molecule has 0 aliphatic heterocycles. The van der Waals surface area contributed by atoms with E-state index in [4.69, 9.17) is 0 Å². The second kappa shape index (κ2) is 8.88. The highest BCUT2D eigenvalue weighted by molar-refractivity contribution is 8.15. The van der Waals surface area contributed by atoms with Gasteiger partial charge in [-0.3, -0.25) is 9.59 Å². The van der Waals surface area contributed by atoms with E-state index < -0.39 is 22.4 Å². The Morgan fingerprint density at radius 1 is 0.958 bits per heavy atom. The monoisotopic (exact) mass is 343 g/mol. The molecule has 0 saturated heterocycles. The number of benzene rings is 2. The molecule has 6 heteroatoms. The third-order valence-corrected chi connectivity index (χ3v) is 4.24. The molecule has 2 N–H and O–H groups in total. The van der Waals surface area contributed by atoms with Crippen molar-refractivity contribution < 1.29 is 19.5 Å². The number of carboxylic acid groups (broad SMARTS) is 1. The first-order valence-corrected chi connectivity index (χ1v) is 8.26. The van der Waals surface area contributed by atoms with Crippen LogP contribution in [0, 0.1) is 0 Å². The number of aryl methyl sites for hydroxylation is 1. The third-order valence-electron chi connectivity index (χ3n) is 3.23. The molecule has 0 radical (unpaired) electrons. The maximum Gasteiger partial charge on any atom is 0.337 e. The van der Waals surface area contributed by atoms with Crippen molar-refractivity contribution in [2.24, 2.45) is 0 Å². The fourth-order valence-electron chi connectivity index (χ4n) is 2.01. The lowest BCUT2D eigenvalue weighted by atomic mass is 10.1. The molecule has 1 atom stereocenters. The van der Waals surface area contributed by atoms with Gasteiger partial charge in [-0.2, -0.15) is 0 Å². The molecular formula is C18H17NO4S. The number of hydrogen-bond donors (Lipinski definition) is 2. The molecule has 24 heavy (non-hydrogen) atoms. The van der Waals surface area contributed by atoms with Crippen LogP contribution in [0.25, 0.3) is 0 Å². The van der Waals surface area contributed by atoms with E-state index in [2.05, 4.69) is 5.32 Å². The van der Waals surface area contributed by atoms with Gasteiger partial charge in [0.15, 0.2) is 5.37 Å². The summed E-state index contributed by atoms with van der Waals surface area (Å²) in [7, 11) is 0. The van der Waals surface area contributed by atoms with Crippen molar-refractivity contribution in [2.45, 2.75) is 18.2 Å². The van der Waals surface area contributed by atoms with E-state index in [0.29, 0.717) is 23.7 Å². The molecule has 0 spiro atoms. The average molecular weight is 343 g/mol. The molecule has 0 aromatic heterocycles. The van der Waals surface area contributed by atoms with E-state index in [-0.39, 0.29) is 6.42 Å². The van der Waals surface area contributed by atoms with Gasteiger partial charge in [0.25, 0.3) is 0 Å². The number of carboxylic acids is 1. The number of nitrogens with one attached hydrogen (secondary N) is 1. The first-order chi connectivity index (χ1) is 11.6. The second-order valence-electron chi connectivity index (χ2n) is 5.04. The van der Waals surface area contributed by atoms with Gasteiger partial charge in [-0.05, 0) is 23.7 Å². The molecule has 1 amide bonds. The zero-order chi connectivity index (χ0) is 17.4. The summed E-state index contributed by atoms with van der Waals surface area (Å²) in [6, 6.07) is 17.8. The molecule has 0 saturated carbocycles. The lowest BCUT2D eigenvalue weighted by molar-refractivity contribution is -0.139. The molecule has 0 bridgehead atoms. The molecule has 0 aliphatic carbocycles. The molecule has 124 valence electrons. The Morgan fingerprint density at radius 2 is 1.54 bits per heavy atom. The number of amides is 1. The number of hydrogen-bond acceptors (Lipinski definition) is 4. The Hall–Kier alpha value is -2.60. The highest BCUT2D eigenvalue weighted by Crippen LogP contribution is 2.17. The highest BCUT2D eigenvalue weighted by atomic mass is 32.2. The Bertz CT molecular complexity index is 703. The Balaban J connectivity index is 1.89. The van der Waals surface area contributed by atoms with Crippen molar-refractivity contribution >= 4 is 28.8 Å². The number of thioether (sulfide) groups is 1. The standard InChI is InChI=1S/C18H17NO4S/c20-15(12-11-13-7-3-1-4-8-13)19-16(17(21)22)24-18(23)14-9-5-2-6-10-14/h1-10,16H,11-12H2,(H,19,20)(H,21,22)/t16-/m0/s1. The van der Waals surface area contributed by atoms with Crippen LogP contribution in [0.3, 0.4) is 0 Å². The van der Waals surface area contributed by atoms with Gasteiger partial charge in [0, 0.05) is 12.0 Å². The summed E-state index contributed by atoms with van der Waals surface area (Å²) < 4.78 is 0. The molecule has 2 aromatic carbocycles. The van der Waals surface area contributed by atoms with Crippen LogP contribution in [-0.2, 0) is 16.0 Å². The van der Waals surface area contributed by atoms with Gasteiger partial charge in [0.05, 0.1) is 0 Å². The zero-order valence-corrected chi connectivity index (χ0v) is 13.7. The first kappa shape index (κ1) is 17.7. The van der Waals surface area contributed by atoms with Crippen LogP contribution in [0.5, 0.6) is 0 Å². The van der Waals surface area contributed by atoms with E-state index in [1.807, 2.05) is 30.3 Å². The van der Waals surface area contributed by atoms with Gasteiger partial charge in [0.2, 0.25) is 11.0 Å². The van der Waals surface area contributed by atoms with Crippen LogP contribution in [0.1, 0.15) is 22.3 Å². The van der Waals surface area contributed by atoms with Gasteiger partial charge in [-0.1, -0.05) is 60.7 Å². The minimum atomic E-state index is -1.30. The predicted octanol–water partition coefficient (Wildman–Crippen LogP) is 2.72. The summed E-state index contributed by atoms with van der Waals surface area (Å²) in [4.78, 5) is 35.3. The normalized spacial score (nSPS) is 11.5. The molecule has 0 heterocycles. The quantitative estimate of drug-likeness (QED) is 0.755. The number of carbonyl (C=O) groups excluding carboxylic acids is 2. The summed E-state index contributed by atoms with van der Waals surface area (Å²) >= 11 is 0.586. The van der Waals surface area contributed by atoms with Crippen LogP contribution in [0.2, 0.25) is 0 Å². The van der Waals surface area contributed by atoms with Crippen LogP contribution in [0.4, 0.5) is 0 Å². The molecule has 5 nitrogen and oxygen atoms in total. The fraction of sp³-hybridized carbons (Fsp3) is 0.167. The van der Waals surface area contributed by atoms with Gasteiger partial charge in [-0.15, -0.1) is 0 Å². The smallest absolute Gasteiger partial charge is 0.337 e. The minimum Gasteiger partial charge on any atom is -0.479 e. The first-order valence-electron chi connectivity index (χ1n) is 7.38. The zero-order valence-electron chi connectivity index (χ0n) is 12.8. The molecule has 2 aromatic rings. The minimum absolute atomic E-state index is 0.161. The maximum atomic E-state index is 12.1. The van der Waals surface area contributed by atoms with Gasteiger partial charge in [-0.25, -0.2) is 4.79 Å². The van der Waals surface area contributed by atoms with Gasteiger partial charge < -0.3 is 10.4 Å². The summed E-state index contributed by atoms with van der Waals surface area (Å²) in [5.41, 5.74) is 1.39. The molecule has 0 aliphatic rings. The SMILES string of the molecule is O=C(CCc1ccccc1)N[C@@H](SC(=O)c1ccccc1)C(=O)O. The summed E-state index contributed by atoms with van der Waals surface area (Å²) in [6.07, 6.45) is 0.671. The van der Waals surface area contributed by atoms with Crippen molar-refractivity contribution in [2.75, 3.05) is 0 Å². The second-order valence-corrected chi connectivity index (χ2v) is 6.12. The van der Waals surface area contributed by atoms with Crippen LogP contribution < -0.4 is 5.32 Å². The maximum absolute atomic E-state index is 12.1. The molecule has 0 unspecified atom stereocenters. The Kier molecular flexibility index (Phi) is 6.57. The van der Waals surface area contributed by atoms with Crippen molar-refractivity contribution in [3.05, 3.63) is 71.8 Å². The third kappa shape index (κ3) is 5.55. The van der Waals surface area contributed by atoms with Crippen LogP contribution >= 0.6 is 11.8 Å². The molecule has 2 rings (SSSR count). The van der Waals surface area contributed by atoms with E-state index >= 15 is 0 Å². The molecule has 0 fully saturated rings. The predicted molar refractivity (Wildman–Crippen MR) is 92.7 cm³/mol. The Labute approximate surface area is 144 Å². The highest BCUT2D eigenvalue weighted by Gasteiger charge is 2.24. The Morgan fingerprint density at radius 3 is 2.12 bits per heavy atom. The number of aliphatic carboxylic acids is 1. The van der Waals surface area contributed by atoms with Crippen LogP contribution in [-0.4, -0.2) is 27.5 Å². The number of rotatable bonds is 7. The largest absolute Gasteiger partial charge is 0.479 e. The fourth-order valence-corrected chi connectivity index (χ4v) is 2.79. The van der Waals surface area contributed by atoms with Crippen molar-refractivity contribution in [1.82, 2.24) is 5.32 Å². The number of carbonyl (C=O) groups is 3. The molecular weight excluding hydrogens is 326 g/mol. The van der Waals surface area contributed by atoms with Crippen LogP contribution in [0.15, 0.2) is 60.7 Å². The van der Waals surface area contributed by atoms with Gasteiger partial charge >= 0.3 is 5.97 Å². The van der Waals surface area contributed by atoms with E-state index in [1.54, 1.807) is 30.3 Å². The van der Waals surface area contributed by atoms with E-state index in [1.165, 1.54) is 0 Å². The van der Waals surface area contributed by atoms with Crippen molar-refractivity contribution in [3.63, 3.8) is 0 Å². The lowest BCUT2D eigenvalue weighted by Gasteiger charge is -2.13. The van der Waals surface area contributed by atoms with Crippen molar-refractivity contribution in [3.8, 4) is 0 Å². The van der Waals surface area contributed by atoms with E-state index in [9.17, 15) is 19.5 Å². The average Bonchev–Trinajstić information content (AvgIpc) is 2.61. The summed E-state index contributed by atoms with van der Waals surface area (Å²) in [6.45, 7) is 0.